The van der Waals surface area contributed by atoms with Gasteiger partial charge in [-0.25, -0.2) is 9.79 Å². The van der Waals surface area contributed by atoms with E-state index >= 15 is 0 Å². The van der Waals surface area contributed by atoms with Gasteiger partial charge < -0.3 is 14.2 Å². The number of hydrogen-bond donors (Lipinski definition) is 0. The molecule has 7 nitrogen and oxygen atoms in total. The highest BCUT2D eigenvalue weighted by molar-refractivity contribution is 7.07. The van der Waals surface area contributed by atoms with Gasteiger partial charge in [0.15, 0.2) is 16.3 Å². The first-order chi connectivity index (χ1) is 20.7. The van der Waals surface area contributed by atoms with E-state index in [2.05, 4.69) is 4.99 Å². The minimum absolute atomic E-state index is 0.136. The number of carbonyl (C=O) groups excluding carboxylic acids is 1. The van der Waals surface area contributed by atoms with E-state index in [9.17, 15) is 9.59 Å². The highest BCUT2D eigenvalue weighted by Gasteiger charge is 2.34. The van der Waals surface area contributed by atoms with E-state index in [0.717, 1.165) is 5.56 Å². The molecule has 0 N–H and O–H groups in total. The lowest BCUT2D eigenvalue weighted by Gasteiger charge is -2.25. The molecule has 43 heavy (non-hydrogen) atoms. The van der Waals surface area contributed by atoms with Crippen molar-refractivity contribution in [1.82, 2.24) is 4.57 Å². The molecule has 0 saturated heterocycles. The number of carbonyl (C=O) groups is 1. The molecule has 0 radical (unpaired) electrons. The van der Waals surface area contributed by atoms with Crippen molar-refractivity contribution in [1.29, 1.82) is 0 Å². The lowest BCUT2D eigenvalue weighted by atomic mass is 9.95. The van der Waals surface area contributed by atoms with Crippen LogP contribution in [0.5, 0.6) is 11.5 Å². The molecule has 4 aromatic rings. The van der Waals surface area contributed by atoms with Gasteiger partial charge in [0.1, 0.15) is 6.61 Å². The smallest absolute Gasteiger partial charge is 0.338 e. The summed E-state index contributed by atoms with van der Waals surface area (Å²) in [6.45, 7) is 6.27. The average molecular weight is 638 g/mol. The number of nitrogens with zero attached hydrogens (tertiary/aromatic N) is 2. The Labute approximate surface area is 263 Å². The molecule has 2 heterocycles. The summed E-state index contributed by atoms with van der Waals surface area (Å²) in [5, 5.41) is 0.805. The summed E-state index contributed by atoms with van der Waals surface area (Å²) in [6, 6.07) is 19.6. The first kappa shape index (κ1) is 30.6. The Hall–Kier alpha value is -3.85. The second-order valence-electron chi connectivity index (χ2n) is 10.4. The monoisotopic (exact) mass is 636 g/mol. The minimum Gasteiger partial charge on any atom is -0.493 e. The van der Waals surface area contributed by atoms with Crippen LogP contribution in [-0.4, -0.2) is 24.3 Å². The topological polar surface area (TPSA) is 79.1 Å². The summed E-state index contributed by atoms with van der Waals surface area (Å²) < 4.78 is 19.4. The molecule has 3 aromatic carbocycles. The predicted molar refractivity (Wildman–Crippen MR) is 170 cm³/mol. The Kier molecular flexibility index (Phi) is 9.40. The fraction of sp³-hybridized carbons (Fsp3) is 0.242. The Balaban J connectivity index is 1.61. The molecular formula is C33H30Cl2N2O5S. The van der Waals surface area contributed by atoms with Gasteiger partial charge in [-0.05, 0) is 59.9 Å². The molecule has 0 bridgehead atoms. The second kappa shape index (κ2) is 13.2. The maximum Gasteiger partial charge on any atom is 0.338 e. The Bertz CT molecular complexity index is 1880. The van der Waals surface area contributed by atoms with Crippen LogP contribution >= 0.6 is 34.5 Å². The summed E-state index contributed by atoms with van der Waals surface area (Å²) in [4.78, 5) is 32.6. The number of fused-ring (bicyclic) bond motifs is 1. The fourth-order valence-electron chi connectivity index (χ4n) is 4.68. The zero-order chi connectivity index (χ0) is 30.7. The van der Waals surface area contributed by atoms with Crippen LogP contribution < -0.4 is 24.4 Å². The molecule has 1 aliphatic rings. The summed E-state index contributed by atoms with van der Waals surface area (Å²) >= 11 is 13.5. The molecule has 0 aliphatic carbocycles. The summed E-state index contributed by atoms with van der Waals surface area (Å²) in [5.74, 6) is 0.613. The lowest BCUT2D eigenvalue weighted by Crippen LogP contribution is -2.40. The van der Waals surface area contributed by atoms with E-state index in [1.807, 2.05) is 50.2 Å². The molecule has 5 rings (SSSR count). The molecule has 1 unspecified atom stereocenters. The average Bonchev–Trinajstić information content (AvgIpc) is 3.30. The van der Waals surface area contributed by atoms with Crippen molar-refractivity contribution in [2.75, 3.05) is 13.7 Å². The van der Waals surface area contributed by atoms with Crippen molar-refractivity contribution in [2.45, 2.75) is 33.4 Å². The maximum atomic E-state index is 14.0. The number of ether oxygens (including phenoxy) is 3. The van der Waals surface area contributed by atoms with Gasteiger partial charge in [0.25, 0.3) is 5.56 Å². The zero-order valence-corrected chi connectivity index (χ0v) is 26.4. The van der Waals surface area contributed by atoms with E-state index in [1.165, 1.54) is 15.9 Å². The third-order valence-electron chi connectivity index (χ3n) is 6.77. The van der Waals surface area contributed by atoms with Crippen LogP contribution in [0.3, 0.4) is 0 Å². The van der Waals surface area contributed by atoms with Gasteiger partial charge in [-0.3, -0.25) is 9.36 Å². The molecule has 222 valence electrons. The first-order valence-corrected chi connectivity index (χ1v) is 15.2. The summed E-state index contributed by atoms with van der Waals surface area (Å²) in [5.41, 5.74) is 2.84. The van der Waals surface area contributed by atoms with Gasteiger partial charge in [-0.15, -0.1) is 0 Å². The normalized spacial score (nSPS) is 14.9. The first-order valence-electron chi connectivity index (χ1n) is 13.7. The van der Waals surface area contributed by atoms with Gasteiger partial charge >= 0.3 is 5.97 Å². The van der Waals surface area contributed by atoms with E-state index in [1.54, 1.807) is 50.4 Å². The van der Waals surface area contributed by atoms with Crippen LogP contribution in [0.25, 0.3) is 6.08 Å². The van der Waals surface area contributed by atoms with Crippen LogP contribution in [0.2, 0.25) is 10.0 Å². The second-order valence-corrected chi connectivity index (χ2v) is 12.3. The number of halogens is 2. The molecule has 1 atom stereocenters. The molecule has 0 spiro atoms. The van der Waals surface area contributed by atoms with E-state index in [-0.39, 0.29) is 23.7 Å². The minimum atomic E-state index is -0.802. The number of aromatic nitrogens is 1. The Morgan fingerprint density at radius 2 is 1.81 bits per heavy atom. The van der Waals surface area contributed by atoms with E-state index in [0.29, 0.717) is 54.3 Å². The van der Waals surface area contributed by atoms with Gasteiger partial charge in [0.2, 0.25) is 0 Å². The molecule has 0 fully saturated rings. The zero-order valence-electron chi connectivity index (χ0n) is 24.1. The quantitative estimate of drug-likeness (QED) is 0.201. The van der Waals surface area contributed by atoms with Gasteiger partial charge in [-0.1, -0.05) is 90.9 Å². The predicted octanol–water partition coefficient (Wildman–Crippen LogP) is 6.33. The van der Waals surface area contributed by atoms with Gasteiger partial charge in [0, 0.05) is 0 Å². The van der Waals surface area contributed by atoms with Crippen LogP contribution in [0.1, 0.15) is 43.5 Å². The highest BCUT2D eigenvalue weighted by atomic mass is 35.5. The number of rotatable bonds is 9. The lowest BCUT2D eigenvalue weighted by molar-refractivity contribution is -0.140. The number of hydrogen-bond acceptors (Lipinski definition) is 7. The van der Waals surface area contributed by atoms with Crippen molar-refractivity contribution in [3.05, 3.63) is 124 Å². The SMILES string of the molecule is COc1cc(C2C(C(=O)OCC(C)C)=C(C)N=c3sc(=Cc4ccc(Cl)c(Cl)c4)c(=O)n32)ccc1OCc1ccccc1. The van der Waals surface area contributed by atoms with Crippen LogP contribution in [-0.2, 0) is 16.1 Å². The van der Waals surface area contributed by atoms with Crippen molar-refractivity contribution in [2.24, 2.45) is 10.9 Å². The fourth-order valence-corrected chi connectivity index (χ4v) is 6.03. The number of benzene rings is 3. The maximum absolute atomic E-state index is 14.0. The van der Waals surface area contributed by atoms with Gasteiger partial charge in [0.05, 0.1) is 45.6 Å². The van der Waals surface area contributed by atoms with E-state index < -0.39 is 12.0 Å². The summed E-state index contributed by atoms with van der Waals surface area (Å²) in [7, 11) is 1.55. The van der Waals surface area contributed by atoms with Crippen LogP contribution in [0, 0.1) is 5.92 Å². The highest BCUT2D eigenvalue weighted by Crippen LogP contribution is 2.36. The third-order valence-corrected chi connectivity index (χ3v) is 8.49. The molecule has 1 aliphatic heterocycles. The molecule has 1 aromatic heterocycles. The molecule has 10 heteroatoms. The molecular weight excluding hydrogens is 607 g/mol. The number of thiazole rings is 1. The van der Waals surface area contributed by atoms with Crippen LogP contribution in [0.15, 0.2) is 87.8 Å². The molecule has 0 amide bonds. The number of allylic oxidation sites excluding steroid dienone is 1. The molecule has 0 saturated carbocycles. The van der Waals surface area contributed by atoms with Crippen LogP contribution in [0.4, 0.5) is 0 Å². The van der Waals surface area contributed by atoms with Gasteiger partial charge in [-0.2, -0.15) is 0 Å². The Morgan fingerprint density at radius 1 is 1.05 bits per heavy atom. The van der Waals surface area contributed by atoms with Crippen molar-refractivity contribution in [3.63, 3.8) is 0 Å². The van der Waals surface area contributed by atoms with Crippen molar-refractivity contribution in [3.8, 4) is 11.5 Å². The third kappa shape index (κ3) is 6.72. The summed E-state index contributed by atoms with van der Waals surface area (Å²) in [6.07, 6.45) is 1.74. The van der Waals surface area contributed by atoms with Crippen molar-refractivity contribution >= 4 is 46.6 Å². The Morgan fingerprint density at radius 3 is 2.51 bits per heavy atom. The number of esters is 1. The van der Waals surface area contributed by atoms with Crippen molar-refractivity contribution < 1.29 is 19.0 Å². The number of methoxy groups -OCH3 is 1. The van der Waals surface area contributed by atoms with E-state index in [4.69, 9.17) is 37.4 Å². The largest absolute Gasteiger partial charge is 0.493 e. The standard InChI is InChI=1S/C33H30Cl2N2O5S/c1-19(2)17-42-32(39)29-20(3)36-33-37(31(38)28(43-33)15-22-10-12-24(34)25(35)14-22)30(29)23-11-13-26(27(16-23)40-4)41-18-21-8-6-5-7-9-21/h5-16,19,30H,17-18H2,1-4H3.